The molecule has 218 valence electrons. The molecule has 3 fully saturated rings. The van der Waals surface area contributed by atoms with Gasteiger partial charge < -0.3 is 26.0 Å². The fraction of sp³-hybridized carbons (Fsp3) is 0.690. The summed E-state index contributed by atoms with van der Waals surface area (Å²) in [4.78, 5) is 23.0. The van der Waals surface area contributed by atoms with Crippen molar-refractivity contribution in [2.75, 3.05) is 60.7 Å². The predicted octanol–water partition coefficient (Wildman–Crippen LogP) is 4.32. The number of pyridine rings is 1. The highest BCUT2D eigenvalue weighted by Crippen LogP contribution is 2.41. The highest BCUT2D eigenvalue weighted by atomic mass is 35.5. The summed E-state index contributed by atoms with van der Waals surface area (Å²) in [6.07, 6.45) is 14.0. The van der Waals surface area contributed by atoms with E-state index < -0.39 is 0 Å². The second kappa shape index (κ2) is 11.4. The number of nitrogens with one attached hydrogen (secondary N) is 2. The van der Waals surface area contributed by atoms with Crippen molar-refractivity contribution in [3.8, 4) is 0 Å². The van der Waals surface area contributed by atoms with Crippen LogP contribution in [0.1, 0.15) is 75.1 Å². The maximum Gasteiger partial charge on any atom is 0.263 e. The lowest BCUT2D eigenvalue weighted by Gasteiger charge is -2.50. The van der Waals surface area contributed by atoms with Gasteiger partial charge in [-0.1, -0.05) is 44.9 Å². The van der Waals surface area contributed by atoms with Crippen LogP contribution in [0.15, 0.2) is 18.5 Å². The number of carbonyl (C=O) groups excluding carboxylic acids is 1. The number of carbonyl (C=O) groups is 1. The van der Waals surface area contributed by atoms with E-state index in [2.05, 4.69) is 37.4 Å². The van der Waals surface area contributed by atoms with Crippen LogP contribution in [0.5, 0.6) is 0 Å². The molecule has 1 spiro atoms. The Bertz CT molecular complexity index is 1200. The van der Waals surface area contributed by atoms with Gasteiger partial charge in [0.2, 0.25) is 0 Å². The first-order chi connectivity index (χ1) is 19.4. The minimum atomic E-state index is -0.277. The van der Waals surface area contributed by atoms with Gasteiger partial charge in [-0.2, -0.15) is 5.10 Å². The first kappa shape index (κ1) is 27.6. The minimum absolute atomic E-state index is 0.119. The molecule has 4 N–H and O–H groups in total. The van der Waals surface area contributed by atoms with E-state index >= 15 is 0 Å². The lowest BCUT2D eigenvalue weighted by molar-refractivity contribution is -0.131. The van der Waals surface area contributed by atoms with E-state index in [4.69, 9.17) is 22.1 Å². The normalized spacial score (nSPS) is 24.9. The Morgan fingerprint density at radius 1 is 1.10 bits per heavy atom. The summed E-state index contributed by atoms with van der Waals surface area (Å²) in [6.45, 7) is 8.03. The summed E-state index contributed by atoms with van der Waals surface area (Å²) in [5.74, 6) is 0.621. The van der Waals surface area contributed by atoms with Crippen molar-refractivity contribution in [2.24, 2.45) is 0 Å². The number of alkyl halides is 1. The van der Waals surface area contributed by atoms with Gasteiger partial charge in [0.25, 0.3) is 5.91 Å². The molecule has 0 aromatic carbocycles. The molecule has 5 heterocycles. The molecule has 1 atom stereocenters. The van der Waals surface area contributed by atoms with E-state index in [0.717, 1.165) is 70.8 Å². The summed E-state index contributed by atoms with van der Waals surface area (Å²) < 4.78 is 7.25. The van der Waals surface area contributed by atoms with Gasteiger partial charge in [-0.3, -0.25) is 14.7 Å². The molecule has 0 bridgehead atoms. The summed E-state index contributed by atoms with van der Waals surface area (Å²) in [5, 5.41) is 11.3. The lowest BCUT2D eigenvalue weighted by atomic mass is 9.81. The summed E-state index contributed by atoms with van der Waals surface area (Å²) in [6, 6.07) is 1.97. The number of hydrogen-bond donors (Lipinski definition) is 3. The maximum atomic E-state index is 13.8. The van der Waals surface area contributed by atoms with E-state index in [-0.39, 0.29) is 28.2 Å². The van der Waals surface area contributed by atoms with Gasteiger partial charge in [-0.05, 0) is 25.8 Å². The van der Waals surface area contributed by atoms with Gasteiger partial charge in [0.05, 0.1) is 53.8 Å². The van der Waals surface area contributed by atoms with Gasteiger partial charge in [0, 0.05) is 32.4 Å². The number of fused-ring (bicyclic) bond motifs is 1. The zero-order valence-corrected chi connectivity index (χ0v) is 24.4. The Labute approximate surface area is 241 Å². The second-order valence-corrected chi connectivity index (χ2v) is 12.9. The Hall–Kier alpha value is -2.56. The first-order valence-corrected chi connectivity index (χ1v) is 15.4. The Morgan fingerprint density at radius 3 is 2.42 bits per heavy atom. The molecule has 10 nitrogen and oxygen atoms in total. The summed E-state index contributed by atoms with van der Waals surface area (Å²) in [5.41, 5.74) is 8.29. The second-order valence-electron chi connectivity index (χ2n) is 12.3. The third kappa shape index (κ3) is 5.25. The molecule has 6 rings (SSSR count). The fourth-order valence-electron chi connectivity index (χ4n) is 6.94. The number of ether oxygens (including phenoxy) is 1. The van der Waals surface area contributed by atoms with Crippen LogP contribution in [0.3, 0.4) is 0 Å². The average Bonchev–Trinajstić information content (AvgIpc) is 3.25. The largest absolute Gasteiger partial charge is 0.381 e. The number of anilines is 4. The molecular weight excluding hydrogens is 528 g/mol. The van der Waals surface area contributed by atoms with Crippen LogP contribution in [0.4, 0.5) is 23.0 Å². The summed E-state index contributed by atoms with van der Waals surface area (Å²) in [7, 11) is 0. The highest BCUT2D eigenvalue weighted by Gasteiger charge is 2.44. The number of nitrogens with two attached hydrogens (primary N) is 1. The topological polar surface area (TPSA) is 114 Å². The molecule has 40 heavy (non-hydrogen) atoms. The van der Waals surface area contributed by atoms with Gasteiger partial charge in [0.1, 0.15) is 11.4 Å². The van der Waals surface area contributed by atoms with Crippen LogP contribution in [-0.2, 0) is 11.3 Å². The molecule has 0 radical (unpaired) electrons. The van der Waals surface area contributed by atoms with Crippen molar-refractivity contribution in [2.45, 2.75) is 87.7 Å². The highest BCUT2D eigenvalue weighted by molar-refractivity contribution is 6.22. The van der Waals surface area contributed by atoms with Crippen LogP contribution in [-0.4, -0.2) is 81.4 Å². The molecule has 2 saturated heterocycles. The number of halogens is 1. The number of hydrogen-bond acceptors (Lipinski definition) is 8. The van der Waals surface area contributed by atoms with Gasteiger partial charge in [0.15, 0.2) is 5.82 Å². The van der Waals surface area contributed by atoms with E-state index in [9.17, 15) is 4.79 Å². The number of aromatic nitrogens is 3. The standard InChI is InChI=1S/C29H43ClN8O2/c1-28(19-40-20-28)37-15-13-36(14-16-37)22-9-12-32-17-21(22)33-27(39)24-25(31)35-38-18-23(30)29(34-26(24)38)10-7-5-3-2-4-6-8-11-29/h9,12,17,23,34H,2-8,10-11,13-16,18-20H2,1H3,(H2,31,35)(H,33,39). The van der Waals surface area contributed by atoms with Crippen LogP contribution < -0.4 is 21.3 Å². The molecule has 3 aliphatic heterocycles. The molecule has 2 aromatic heterocycles. The molecule has 4 aliphatic rings. The van der Waals surface area contributed by atoms with Gasteiger partial charge in [-0.15, -0.1) is 11.6 Å². The third-order valence-electron chi connectivity index (χ3n) is 9.51. The van der Waals surface area contributed by atoms with Gasteiger partial charge >= 0.3 is 0 Å². The number of amides is 1. The predicted molar refractivity (Wildman–Crippen MR) is 159 cm³/mol. The number of piperazine rings is 1. The number of nitrogens with zero attached hydrogens (tertiary/aromatic N) is 5. The zero-order chi connectivity index (χ0) is 27.7. The van der Waals surface area contributed by atoms with E-state index in [0.29, 0.717) is 23.6 Å². The summed E-state index contributed by atoms with van der Waals surface area (Å²) >= 11 is 7.04. The molecule has 1 amide bonds. The monoisotopic (exact) mass is 570 g/mol. The molecule has 2 aromatic rings. The quantitative estimate of drug-likeness (QED) is 0.466. The molecule has 11 heteroatoms. The third-order valence-corrected chi connectivity index (χ3v) is 10.1. The fourth-order valence-corrected chi connectivity index (χ4v) is 7.35. The van der Waals surface area contributed by atoms with Crippen molar-refractivity contribution in [1.82, 2.24) is 19.7 Å². The Balaban J connectivity index is 1.20. The maximum absolute atomic E-state index is 13.8. The van der Waals surface area contributed by atoms with Crippen LogP contribution >= 0.6 is 11.6 Å². The molecule has 1 saturated carbocycles. The van der Waals surface area contributed by atoms with Crippen molar-refractivity contribution < 1.29 is 9.53 Å². The van der Waals surface area contributed by atoms with Crippen molar-refractivity contribution in [3.63, 3.8) is 0 Å². The van der Waals surface area contributed by atoms with Crippen LogP contribution in [0.25, 0.3) is 0 Å². The minimum Gasteiger partial charge on any atom is -0.381 e. The Kier molecular flexibility index (Phi) is 7.85. The first-order valence-electron chi connectivity index (χ1n) is 15.0. The van der Waals surface area contributed by atoms with E-state index in [1.807, 2.05) is 6.07 Å². The molecule has 1 aliphatic carbocycles. The van der Waals surface area contributed by atoms with E-state index in [1.165, 1.54) is 32.1 Å². The Morgan fingerprint density at radius 2 is 1.77 bits per heavy atom. The SMILES string of the molecule is CC1(N2CCN(c3ccncc3NC(=O)c3c(N)nn4c3NC3(CCCCCCCCC3)C(Cl)C4)CC2)COC1. The zero-order valence-electron chi connectivity index (χ0n) is 23.6. The smallest absolute Gasteiger partial charge is 0.263 e. The number of nitrogen functional groups attached to an aromatic ring is 1. The van der Waals surface area contributed by atoms with Gasteiger partial charge in [-0.25, -0.2) is 4.68 Å². The van der Waals surface area contributed by atoms with Crippen LogP contribution in [0.2, 0.25) is 0 Å². The number of rotatable bonds is 4. The van der Waals surface area contributed by atoms with Crippen molar-refractivity contribution in [1.29, 1.82) is 0 Å². The van der Waals surface area contributed by atoms with Crippen molar-refractivity contribution >= 4 is 40.5 Å². The van der Waals surface area contributed by atoms with Crippen molar-refractivity contribution in [3.05, 3.63) is 24.0 Å². The molecule has 1 unspecified atom stereocenters. The van der Waals surface area contributed by atoms with Crippen LogP contribution in [0, 0.1) is 0 Å². The van der Waals surface area contributed by atoms with E-state index in [1.54, 1.807) is 17.1 Å². The molecular formula is C29H43ClN8O2. The lowest BCUT2D eigenvalue weighted by Crippen LogP contribution is -2.64. The average molecular weight is 571 g/mol.